The second-order valence-electron chi connectivity index (χ2n) is 4.20. The van der Waals surface area contributed by atoms with E-state index < -0.39 is 5.97 Å². The molecule has 0 saturated carbocycles. The number of benzene rings is 2. The van der Waals surface area contributed by atoms with Crippen LogP contribution in [0.3, 0.4) is 0 Å². The number of carboxylic acids is 1. The first-order valence-electron chi connectivity index (χ1n) is 6.16. The van der Waals surface area contributed by atoms with Crippen LogP contribution in [0, 0.1) is 0 Å². The molecule has 5 nitrogen and oxygen atoms in total. The molecule has 2 aromatic carbocycles. The summed E-state index contributed by atoms with van der Waals surface area (Å²) < 4.78 is 0. The molecule has 5 heteroatoms. The second-order valence-corrected chi connectivity index (χ2v) is 4.20. The minimum Gasteiger partial charge on any atom is -0.478 e. The fourth-order valence-electron chi connectivity index (χ4n) is 2.05. The SMILES string of the molecule is [N-]=[N+]=NCCC=Cc1cccc2c(C(=O)O)cccc12. The molecule has 0 spiro atoms. The molecule has 2 rings (SSSR count). The Morgan fingerprint density at radius 3 is 2.75 bits per heavy atom. The van der Waals surface area contributed by atoms with Crippen molar-refractivity contribution in [3.05, 3.63) is 64.0 Å². The highest BCUT2D eigenvalue weighted by Gasteiger charge is 2.08. The van der Waals surface area contributed by atoms with Crippen molar-refractivity contribution in [2.75, 3.05) is 6.54 Å². The first kappa shape index (κ1) is 13.6. The van der Waals surface area contributed by atoms with Crippen LogP contribution in [0.5, 0.6) is 0 Å². The van der Waals surface area contributed by atoms with E-state index in [0.717, 1.165) is 16.3 Å². The molecule has 0 amide bonds. The third-order valence-corrected chi connectivity index (χ3v) is 2.94. The number of nitrogens with zero attached hydrogens (tertiary/aromatic N) is 3. The van der Waals surface area contributed by atoms with Gasteiger partial charge in [0.25, 0.3) is 0 Å². The normalized spacial score (nSPS) is 10.6. The van der Waals surface area contributed by atoms with Crippen LogP contribution in [0.15, 0.2) is 47.6 Å². The number of rotatable bonds is 5. The van der Waals surface area contributed by atoms with Crippen molar-refractivity contribution in [3.8, 4) is 0 Å². The van der Waals surface area contributed by atoms with Gasteiger partial charge in [0.2, 0.25) is 0 Å². The van der Waals surface area contributed by atoms with Gasteiger partial charge in [0.1, 0.15) is 0 Å². The van der Waals surface area contributed by atoms with Gasteiger partial charge in [-0.15, -0.1) is 0 Å². The number of fused-ring (bicyclic) bond motifs is 1. The molecule has 0 aliphatic heterocycles. The zero-order chi connectivity index (χ0) is 14.4. The van der Waals surface area contributed by atoms with Gasteiger partial charge in [0, 0.05) is 11.5 Å². The number of azide groups is 1. The molecule has 0 aliphatic carbocycles. The Bertz CT molecular complexity index is 716. The van der Waals surface area contributed by atoms with E-state index in [4.69, 9.17) is 5.53 Å². The number of aromatic carboxylic acids is 1. The number of carboxylic acid groups (broad SMARTS) is 1. The Kier molecular flexibility index (Phi) is 4.37. The second kappa shape index (κ2) is 6.41. The van der Waals surface area contributed by atoms with Gasteiger partial charge in [0.05, 0.1) is 5.56 Å². The molecule has 0 unspecified atom stereocenters. The molecule has 0 aromatic heterocycles. The summed E-state index contributed by atoms with van der Waals surface area (Å²) in [4.78, 5) is 13.9. The van der Waals surface area contributed by atoms with Crippen LogP contribution < -0.4 is 0 Å². The van der Waals surface area contributed by atoms with Gasteiger partial charge in [-0.1, -0.05) is 47.6 Å². The van der Waals surface area contributed by atoms with Crippen LogP contribution in [-0.4, -0.2) is 17.6 Å². The Hall–Kier alpha value is -2.78. The van der Waals surface area contributed by atoms with Crippen molar-refractivity contribution in [2.45, 2.75) is 6.42 Å². The van der Waals surface area contributed by atoms with Crippen molar-refractivity contribution in [3.63, 3.8) is 0 Å². The van der Waals surface area contributed by atoms with E-state index in [9.17, 15) is 9.90 Å². The Balaban J connectivity index is 2.37. The molecule has 0 saturated heterocycles. The topological polar surface area (TPSA) is 86.1 Å². The molecule has 0 heterocycles. The van der Waals surface area contributed by atoms with E-state index in [1.165, 1.54) is 0 Å². The van der Waals surface area contributed by atoms with Crippen LogP contribution in [-0.2, 0) is 0 Å². The van der Waals surface area contributed by atoms with Gasteiger partial charge >= 0.3 is 5.97 Å². The van der Waals surface area contributed by atoms with E-state index in [0.29, 0.717) is 18.5 Å². The average molecular weight is 267 g/mol. The summed E-state index contributed by atoms with van der Waals surface area (Å²) in [6.45, 7) is 0.415. The lowest BCUT2D eigenvalue weighted by Crippen LogP contribution is -1.97. The fraction of sp³-hybridized carbons (Fsp3) is 0.133. The smallest absolute Gasteiger partial charge is 0.336 e. The predicted molar refractivity (Wildman–Crippen MR) is 78.6 cm³/mol. The minimum atomic E-state index is -0.930. The molecule has 2 aromatic rings. The van der Waals surface area contributed by atoms with E-state index in [1.54, 1.807) is 18.2 Å². The fourth-order valence-corrected chi connectivity index (χ4v) is 2.05. The number of hydrogen-bond acceptors (Lipinski definition) is 2. The highest BCUT2D eigenvalue weighted by Crippen LogP contribution is 2.23. The Morgan fingerprint density at radius 1 is 1.25 bits per heavy atom. The van der Waals surface area contributed by atoms with E-state index in [-0.39, 0.29) is 0 Å². The van der Waals surface area contributed by atoms with Crippen LogP contribution in [0.2, 0.25) is 0 Å². The first-order valence-corrected chi connectivity index (χ1v) is 6.16. The van der Waals surface area contributed by atoms with Crippen molar-refractivity contribution in [1.29, 1.82) is 0 Å². The Labute approximate surface area is 115 Å². The summed E-state index contributed by atoms with van der Waals surface area (Å²) >= 11 is 0. The van der Waals surface area contributed by atoms with Crippen LogP contribution in [0.1, 0.15) is 22.3 Å². The van der Waals surface area contributed by atoms with Gasteiger partial charge in [-0.3, -0.25) is 0 Å². The third kappa shape index (κ3) is 2.96. The lowest BCUT2D eigenvalue weighted by Gasteiger charge is -2.05. The quantitative estimate of drug-likeness (QED) is 0.380. The summed E-state index contributed by atoms with van der Waals surface area (Å²) in [7, 11) is 0. The lowest BCUT2D eigenvalue weighted by atomic mass is 9.99. The number of carbonyl (C=O) groups is 1. The summed E-state index contributed by atoms with van der Waals surface area (Å²) in [5, 5.41) is 14.3. The number of hydrogen-bond donors (Lipinski definition) is 1. The zero-order valence-electron chi connectivity index (χ0n) is 10.7. The monoisotopic (exact) mass is 267 g/mol. The van der Waals surface area contributed by atoms with Crippen LogP contribution in [0.4, 0.5) is 0 Å². The van der Waals surface area contributed by atoms with Crippen molar-refractivity contribution >= 4 is 22.8 Å². The summed E-state index contributed by atoms with van der Waals surface area (Å²) in [5.74, 6) is -0.930. The van der Waals surface area contributed by atoms with E-state index in [1.807, 2.05) is 30.4 Å². The standard InChI is InChI=1S/C15H13N3O2/c16-18-17-10-2-1-5-11-6-3-8-13-12(11)7-4-9-14(13)15(19)20/h1,3-9H,2,10H2,(H,19,20). The van der Waals surface area contributed by atoms with E-state index in [2.05, 4.69) is 10.0 Å². The highest BCUT2D eigenvalue weighted by molar-refractivity contribution is 6.05. The highest BCUT2D eigenvalue weighted by atomic mass is 16.4. The zero-order valence-corrected chi connectivity index (χ0v) is 10.7. The molecule has 0 radical (unpaired) electrons. The van der Waals surface area contributed by atoms with Gasteiger partial charge in [0.15, 0.2) is 0 Å². The third-order valence-electron chi connectivity index (χ3n) is 2.94. The van der Waals surface area contributed by atoms with Gasteiger partial charge in [-0.2, -0.15) is 0 Å². The molecule has 100 valence electrons. The average Bonchev–Trinajstić information content (AvgIpc) is 2.46. The molecule has 0 aliphatic rings. The summed E-state index contributed by atoms with van der Waals surface area (Å²) in [5.41, 5.74) is 9.43. The van der Waals surface area contributed by atoms with Gasteiger partial charge in [-0.05, 0) is 34.4 Å². The molecule has 0 bridgehead atoms. The van der Waals surface area contributed by atoms with Crippen molar-refractivity contribution in [1.82, 2.24) is 0 Å². The van der Waals surface area contributed by atoms with Gasteiger partial charge in [-0.25, -0.2) is 4.79 Å². The Morgan fingerprint density at radius 2 is 2.00 bits per heavy atom. The van der Waals surface area contributed by atoms with Crippen molar-refractivity contribution in [2.24, 2.45) is 5.11 Å². The molecular weight excluding hydrogens is 254 g/mol. The predicted octanol–water partition coefficient (Wildman–Crippen LogP) is 4.25. The van der Waals surface area contributed by atoms with Gasteiger partial charge < -0.3 is 5.11 Å². The molecule has 0 fully saturated rings. The maximum Gasteiger partial charge on any atom is 0.336 e. The maximum atomic E-state index is 11.2. The largest absolute Gasteiger partial charge is 0.478 e. The van der Waals surface area contributed by atoms with Crippen molar-refractivity contribution < 1.29 is 9.90 Å². The molecule has 0 atom stereocenters. The first-order chi connectivity index (χ1) is 9.74. The maximum absolute atomic E-state index is 11.2. The van der Waals surface area contributed by atoms with Crippen LogP contribution in [0.25, 0.3) is 27.3 Å². The molecule has 1 N–H and O–H groups in total. The molecular formula is C15H13N3O2. The van der Waals surface area contributed by atoms with Crippen LogP contribution >= 0.6 is 0 Å². The molecule has 20 heavy (non-hydrogen) atoms. The summed E-state index contributed by atoms with van der Waals surface area (Å²) in [6.07, 6.45) is 4.48. The van der Waals surface area contributed by atoms with E-state index >= 15 is 0 Å². The lowest BCUT2D eigenvalue weighted by molar-refractivity contribution is 0.0699. The summed E-state index contributed by atoms with van der Waals surface area (Å²) in [6, 6.07) is 10.8. The minimum absolute atomic E-state index is 0.298.